The Morgan fingerprint density at radius 3 is 2.28 bits per heavy atom. The first kappa shape index (κ1) is 21.3. The van der Waals surface area contributed by atoms with Gasteiger partial charge in [-0.05, 0) is 51.7 Å². The van der Waals surface area contributed by atoms with Crippen LogP contribution in [0.3, 0.4) is 0 Å². The van der Waals surface area contributed by atoms with E-state index in [1.807, 2.05) is 50.2 Å². The first-order valence-electron chi connectivity index (χ1n) is 9.55. The van der Waals surface area contributed by atoms with Crippen LogP contribution in [0.1, 0.15) is 29.2 Å². The summed E-state index contributed by atoms with van der Waals surface area (Å²) in [5.41, 5.74) is 2.56. The van der Waals surface area contributed by atoms with Crippen molar-refractivity contribution in [3.63, 3.8) is 0 Å². The fourth-order valence-corrected chi connectivity index (χ4v) is 3.79. The number of amides is 1. The van der Waals surface area contributed by atoms with Gasteiger partial charge in [0.15, 0.2) is 0 Å². The highest BCUT2D eigenvalue weighted by Crippen LogP contribution is 2.39. The van der Waals surface area contributed by atoms with E-state index in [1.54, 1.807) is 29.2 Å². The molecule has 1 atom stereocenters. The predicted molar refractivity (Wildman–Crippen MR) is 118 cm³/mol. The molecule has 0 unspecified atom stereocenters. The van der Waals surface area contributed by atoms with E-state index in [1.165, 1.54) is 0 Å². The zero-order valence-electron chi connectivity index (χ0n) is 16.9. The zero-order valence-corrected chi connectivity index (χ0v) is 18.4. The second-order valence-electron chi connectivity index (χ2n) is 7.57. The average molecular weight is 457 g/mol. The first-order chi connectivity index (χ1) is 13.8. The fourth-order valence-electron chi connectivity index (χ4n) is 3.53. The van der Waals surface area contributed by atoms with E-state index in [0.717, 1.165) is 28.6 Å². The molecule has 2 aromatic rings. The number of likely N-dealkylation sites (tertiary alicyclic amines) is 1. The summed E-state index contributed by atoms with van der Waals surface area (Å²) < 4.78 is 0.869. The van der Waals surface area contributed by atoms with Gasteiger partial charge in [-0.15, -0.1) is 0 Å². The number of carbonyl (C=O) groups excluding carboxylic acids is 2. The SMILES string of the molecule is Cc1ccc([C@@H]2/C(=C(\O)c3ccc(Br)cc3)C(=O)C(=O)N2CCCN(C)C)cc1. The number of aliphatic hydroxyl groups is 1. The summed E-state index contributed by atoms with van der Waals surface area (Å²) in [6.45, 7) is 3.23. The number of aryl methyl sites for hydroxylation is 1. The number of benzene rings is 2. The highest BCUT2D eigenvalue weighted by molar-refractivity contribution is 9.10. The van der Waals surface area contributed by atoms with Crippen LogP contribution in [0.5, 0.6) is 0 Å². The predicted octanol–water partition coefficient (Wildman–Crippen LogP) is 4.13. The van der Waals surface area contributed by atoms with E-state index in [0.29, 0.717) is 12.1 Å². The van der Waals surface area contributed by atoms with Gasteiger partial charge < -0.3 is 14.9 Å². The molecule has 0 spiro atoms. The second kappa shape index (κ2) is 8.93. The Morgan fingerprint density at radius 2 is 1.69 bits per heavy atom. The molecule has 1 amide bonds. The molecular weight excluding hydrogens is 432 g/mol. The number of aliphatic hydroxyl groups excluding tert-OH is 1. The van der Waals surface area contributed by atoms with E-state index in [2.05, 4.69) is 15.9 Å². The van der Waals surface area contributed by atoms with E-state index in [4.69, 9.17) is 0 Å². The third-order valence-electron chi connectivity index (χ3n) is 5.06. The van der Waals surface area contributed by atoms with Gasteiger partial charge in [-0.2, -0.15) is 0 Å². The molecule has 1 aliphatic rings. The van der Waals surface area contributed by atoms with Crippen LogP contribution in [-0.4, -0.2) is 53.8 Å². The minimum absolute atomic E-state index is 0.142. The Labute approximate surface area is 179 Å². The van der Waals surface area contributed by atoms with Crippen LogP contribution in [0.15, 0.2) is 58.6 Å². The summed E-state index contributed by atoms with van der Waals surface area (Å²) in [6, 6.07) is 14.2. The van der Waals surface area contributed by atoms with Gasteiger partial charge in [-0.3, -0.25) is 9.59 Å². The number of halogens is 1. The van der Waals surface area contributed by atoms with Crippen molar-refractivity contribution in [1.82, 2.24) is 9.80 Å². The van der Waals surface area contributed by atoms with Crippen molar-refractivity contribution in [2.45, 2.75) is 19.4 Å². The standard InChI is InChI=1S/C23H25BrN2O3/c1-15-5-7-16(8-6-15)20-19(21(27)17-9-11-18(24)12-10-17)22(28)23(29)26(20)14-4-13-25(2)3/h5-12,20,27H,4,13-14H2,1-3H3/b21-19+/t20-/m1/s1. The van der Waals surface area contributed by atoms with Gasteiger partial charge in [0.25, 0.3) is 11.7 Å². The number of nitrogens with zero attached hydrogens (tertiary/aromatic N) is 2. The number of carbonyl (C=O) groups is 2. The summed E-state index contributed by atoms with van der Waals surface area (Å²) in [4.78, 5) is 29.4. The Hall–Kier alpha value is -2.44. The lowest BCUT2D eigenvalue weighted by Gasteiger charge is -2.26. The molecule has 6 heteroatoms. The molecule has 0 bridgehead atoms. The molecule has 1 saturated heterocycles. The van der Waals surface area contributed by atoms with Crippen molar-refractivity contribution < 1.29 is 14.7 Å². The summed E-state index contributed by atoms with van der Waals surface area (Å²) in [5, 5.41) is 11.0. The van der Waals surface area contributed by atoms with Gasteiger partial charge in [0, 0.05) is 16.6 Å². The number of rotatable bonds is 6. The molecule has 0 aromatic heterocycles. The largest absolute Gasteiger partial charge is 0.507 e. The van der Waals surface area contributed by atoms with Gasteiger partial charge in [0.1, 0.15) is 5.76 Å². The quantitative estimate of drug-likeness (QED) is 0.403. The van der Waals surface area contributed by atoms with Crippen LogP contribution in [-0.2, 0) is 9.59 Å². The Balaban J connectivity index is 2.07. The molecule has 3 rings (SSSR count). The molecule has 5 nitrogen and oxygen atoms in total. The Kier molecular flexibility index (Phi) is 6.55. The second-order valence-corrected chi connectivity index (χ2v) is 8.48. The van der Waals surface area contributed by atoms with E-state index < -0.39 is 17.7 Å². The third-order valence-corrected chi connectivity index (χ3v) is 5.58. The highest BCUT2D eigenvalue weighted by Gasteiger charge is 2.45. The molecule has 1 N–H and O–H groups in total. The molecule has 29 heavy (non-hydrogen) atoms. The maximum Gasteiger partial charge on any atom is 0.295 e. The maximum atomic E-state index is 12.9. The Bertz CT molecular complexity index is 934. The van der Waals surface area contributed by atoms with Crippen molar-refractivity contribution in [1.29, 1.82) is 0 Å². The number of Topliss-reactive ketones (excluding diaryl/α,β-unsaturated/α-hetero) is 1. The molecule has 0 saturated carbocycles. The van der Waals surface area contributed by atoms with Crippen LogP contribution >= 0.6 is 15.9 Å². The van der Waals surface area contributed by atoms with E-state index in [-0.39, 0.29) is 11.3 Å². The van der Waals surface area contributed by atoms with Gasteiger partial charge in [-0.1, -0.05) is 57.9 Å². The summed E-state index contributed by atoms with van der Waals surface area (Å²) in [5.74, 6) is -1.34. The van der Waals surface area contributed by atoms with Gasteiger partial charge >= 0.3 is 0 Å². The van der Waals surface area contributed by atoms with Crippen LogP contribution in [0.25, 0.3) is 5.76 Å². The molecule has 0 aliphatic carbocycles. The lowest BCUT2D eigenvalue weighted by atomic mass is 9.94. The smallest absolute Gasteiger partial charge is 0.295 e. The maximum absolute atomic E-state index is 12.9. The highest BCUT2D eigenvalue weighted by atomic mass is 79.9. The molecule has 1 heterocycles. The van der Waals surface area contributed by atoms with Crippen LogP contribution in [0.2, 0.25) is 0 Å². The van der Waals surface area contributed by atoms with Crippen molar-refractivity contribution >= 4 is 33.4 Å². The lowest BCUT2D eigenvalue weighted by Crippen LogP contribution is -2.32. The van der Waals surface area contributed by atoms with Crippen molar-refractivity contribution in [3.05, 3.63) is 75.3 Å². The van der Waals surface area contributed by atoms with Gasteiger partial charge in [0.05, 0.1) is 11.6 Å². The van der Waals surface area contributed by atoms with Gasteiger partial charge in [-0.25, -0.2) is 0 Å². The molecule has 152 valence electrons. The molecular formula is C23H25BrN2O3. The average Bonchev–Trinajstić information content (AvgIpc) is 2.93. The minimum atomic E-state index is -0.638. The van der Waals surface area contributed by atoms with E-state index >= 15 is 0 Å². The first-order valence-corrected chi connectivity index (χ1v) is 10.3. The third kappa shape index (κ3) is 4.60. The van der Waals surface area contributed by atoms with Crippen LogP contribution in [0.4, 0.5) is 0 Å². The van der Waals surface area contributed by atoms with Crippen molar-refractivity contribution in [3.8, 4) is 0 Å². The van der Waals surface area contributed by atoms with Gasteiger partial charge in [0.2, 0.25) is 0 Å². The van der Waals surface area contributed by atoms with E-state index in [9.17, 15) is 14.7 Å². The molecule has 0 radical (unpaired) electrons. The molecule has 1 aliphatic heterocycles. The number of ketones is 1. The van der Waals surface area contributed by atoms with Crippen LogP contribution in [0, 0.1) is 6.92 Å². The summed E-state index contributed by atoms with van der Waals surface area (Å²) >= 11 is 3.37. The lowest BCUT2D eigenvalue weighted by molar-refractivity contribution is -0.139. The van der Waals surface area contributed by atoms with Crippen molar-refractivity contribution in [2.75, 3.05) is 27.2 Å². The fraction of sp³-hybridized carbons (Fsp3) is 0.304. The Morgan fingerprint density at radius 1 is 1.07 bits per heavy atom. The number of hydrogen-bond donors (Lipinski definition) is 1. The molecule has 2 aromatic carbocycles. The molecule has 1 fully saturated rings. The zero-order chi connectivity index (χ0) is 21.1. The topological polar surface area (TPSA) is 60.9 Å². The normalized spacial score (nSPS) is 18.7. The summed E-state index contributed by atoms with van der Waals surface area (Å²) in [7, 11) is 3.94. The van der Waals surface area contributed by atoms with Crippen LogP contribution < -0.4 is 0 Å². The minimum Gasteiger partial charge on any atom is -0.507 e. The number of hydrogen-bond acceptors (Lipinski definition) is 4. The van der Waals surface area contributed by atoms with Crippen molar-refractivity contribution in [2.24, 2.45) is 0 Å². The monoisotopic (exact) mass is 456 g/mol. The summed E-state index contributed by atoms with van der Waals surface area (Å²) in [6.07, 6.45) is 0.737.